The lowest BCUT2D eigenvalue weighted by atomic mass is 10.1. The van der Waals surface area contributed by atoms with E-state index in [4.69, 9.17) is 0 Å². The van der Waals surface area contributed by atoms with Crippen LogP contribution in [0.5, 0.6) is 0 Å². The van der Waals surface area contributed by atoms with Crippen LogP contribution in [0.2, 0.25) is 0 Å². The standard InChI is InChI=1S/C8H7FO.C8H14N2O3/c1-6-2-3-8(9)4-7(6)5-10;1-9-8(13)7(4-3-5-11)10(2)6-12/h2-5H,1H3;5-7H,3-4H2,1-2H3,(H,9,13). The highest BCUT2D eigenvalue weighted by molar-refractivity contribution is 5.83. The lowest BCUT2D eigenvalue weighted by Crippen LogP contribution is -2.43. The third-order valence-corrected chi connectivity index (χ3v) is 3.13. The maximum Gasteiger partial charge on any atom is 0.242 e. The number of carbonyl (C=O) groups excluding carboxylic acids is 4. The van der Waals surface area contributed by atoms with E-state index in [0.717, 1.165) is 11.8 Å². The molecule has 0 saturated heterocycles. The van der Waals surface area contributed by atoms with Crippen molar-refractivity contribution in [2.24, 2.45) is 0 Å². The molecule has 2 amide bonds. The molecular weight excluding hydrogens is 303 g/mol. The van der Waals surface area contributed by atoms with Gasteiger partial charge in [-0.15, -0.1) is 0 Å². The fourth-order valence-electron chi connectivity index (χ4n) is 1.72. The second-order valence-electron chi connectivity index (χ2n) is 4.76. The Bertz CT molecular complexity index is 549. The second kappa shape index (κ2) is 11.1. The smallest absolute Gasteiger partial charge is 0.242 e. The topological polar surface area (TPSA) is 83.6 Å². The highest BCUT2D eigenvalue weighted by Gasteiger charge is 2.20. The van der Waals surface area contributed by atoms with Crippen molar-refractivity contribution in [2.45, 2.75) is 25.8 Å². The first-order chi connectivity index (χ1) is 10.9. The van der Waals surface area contributed by atoms with E-state index in [1.54, 1.807) is 13.0 Å². The summed E-state index contributed by atoms with van der Waals surface area (Å²) >= 11 is 0. The average Bonchev–Trinajstić information content (AvgIpc) is 2.57. The molecule has 7 heteroatoms. The van der Waals surface area contributed by atoms with Gasteiger partial charge in [0.15, 0.2) is 0 Å². The van der Waals surface area contributed by atoms with Crippen molar-refractivity contribution < 1.29 is 23.6 Å². The van der Waals surface area contributed by atoms with E-state index in [1.807, 2.05) is 0 Å². The van der Waals surface area contributed by atoms with Crippen LogP contribution >= 0.6 is 0 Å². The Balaban J connectivity index is 0.000000433. The largest absolute Gasteiger partial charge is 0.357 e. The van der Waals surface area contributed by atoms with Gasteiger partial charge in [0.1, 0.15) is 24.4 Å². The summed E-state index contributed by atoms with van der Waals surface area (Å²) in [6, 6.07) is 3.59. The molecule has 23 heavy (non-hydrogen) atoms. The Labute approximate surface area is 134 Å². The molecule has 1 N–H and O–H groups in total. The first-order valence-corrected chi connectivity index (χ1v) is 6.95. The molecule has 0 aliphatic carbocycles. The summed E-state index contributed by atoms with van der Waals surface area (Å²) in [5, 5.41) is 2.43. The average molecular weight is 324 g/mol. The zero-order chi connectivity index (χ0) is 17.8. The van der Waals surface area contributed by atoms with Gasteiger partial charge in [-0.1, -0.05) is 6.07 Å². The van der Waals surface area contributed by atoms with Crippen LogP contribution in [0.4, 0.5) is 4.39 Å². The first kappa shape index (κ1) is 20.4. The van der Waals surface area contributed by atoms with Crippen molar-refractivity contribution in [1.29, 1.82) is 0 Å². The number of likely N-dealkylation sites (N-methyl/N-ethyl adjacent to an activating group) is 2. The predicted octanol–water partition coefficient (Wildman–Crippen LogP) is 1.11. The number of aryl methyl sites for hydroxylation is 1. The molecule has 0 aromatic heterocycles. The van der Waals surface area contributed by atoms with Gasteiger partial charge in [0.05, 0.1) is 0 Å². The molecule has 0 spiro atoms. The molecule has 1 aromatic carbocycles. The zero-order valence-corrected chi connectivity index (χ0v) is 13.4. The Morgan fingerprint density at radius 1 is 1.35 bits per heavy atom. The van der Waals surface area contributed by atoms with E-state index < -0.39 is 6.04 Å². The Morgan fingerprint density at radius 2 is 2.00 bits per heavy atom. The number of halogens is 1. The summed E-state index contributed by atoms with van der Waals surface area (Å²) in [5.74, 6) is -0.621. The number of hydrogen-bond acceptors (Lipinski definition) is 4. The number of aldehydes is 2. The number of nitrogens with zero attached hydrogens (tertiary/aromatic N) is 1. The van der Waals surface area contributed by atoms with Crippen LogP contribution in [0.1, 0.15) is 28.8 Å². The van der Waals surface area contributed by atoms with Gasteiger partial charge in [0.2, 0.25) is 12.3 Å². The Morgan fingerprint density at radius 3 is 2.43 bits per heavy atom. The minimum Gasteiger partial charge on any atom is -0.357 e. The number of carbonyl (C=O) groups is 4. The summed E-state index contributed by atoms with van der Waals surface area (Å²) in [6.45, 7) is 1.77. The molecule has 1 aromatic rings. The van der Waals surface area contributed by atoms with Gasteiger partial charge in [-0.25, -0.2) is 4.39 Å². The number of amides is 2. The third kappa shape index (κ3) is 7.30. The van der Waals surface area contributed by atoms with Gasteiger partial charge in [-0.05, 0) is 31.0 Å². The number of nitrogens with one attached hydrogen (secondary N) is 1. The van der Waals surface area contributed by atoms with E-state index >= 15 is 0 Å². The molecule has 0 radical (unpaired) electrons. The molecular formula is C16H21FN2O4. The summed E-state index contributed by atoms with van der Waals surface area (Å²) in [5.41, 5.74) is 1.22. The summed E-state index contributed by atoms with van der Waals surface area (Å²) in [7, 11) is 3.01. The third-order valence-electron chi connectivity index (χ3n) is 3.13. The molecule has 1 rings (SSSR count). The Hall–Kier alpha value is -2.57. The fraction of sp³-hybridized carbons (Fsp3) is 0.375. The van der Waals surface area contributed by atoms with E-state index in [2.05, 4.69) is 5.32 Å². The van der Waals surface area contributed by atoms with Crippen LogP contribution in [0.15, 0.2) is 18.2 Å². The van der Waals surface area contributed by atoms with Gasteiger partial charge < -0.3 is 15.0 Å². The molecule has 6 nitrogen and oxygen atoms in total. The van der Waals surface area contributed by atoms with E-state index in [0.29, 0.717) is 24.7 Å². The molecule has 0 heterocycles. The van der Waals surface area contributed by atoms with Gasteiger partial charge in [0.25, 0.3) is 0 Å². The first-order valence-electron chi connectivity index (χ1n) is 6.95. The zero-order valence-electron chi connectivity index (χ0n) is 13.4. The maximum absolute atomic E-state index is 12.4. The summed E-state index contributed by atoms with van der Waals surface area (Å²) < 4.78 is 12.4. The number of rotatable bonds is 7. The molecule has 0 aliphatic heterocycles. The lowest BCUT2D eigenvalue weighted by molar-refractivity contribution is -0.131. The van der Waals surface area contributed by atoms with Crippen LogP contribution in [0.25, 0.3) is 0 Å². The summed E-state index contributed by atoms with van der Waals surface area (Å²) in [6.07, 6.45) is 2.59. The van der Waals surface area contributed by atoms with Crippen molar-refractivity contribution in [3.63, 3.8) is 0 Å². The molecule has 1 atom stereocenters. The van der Waals surface area contributed by atoms with Crippen molar-refractivity contribution in [1.82, 2.24) is 10.2 Å². The highest BCUT2D eigenvalue weighted by Crippen LogP contribution is 2.06. The van der Waals surface area contributed by atoms with E-state index in [9.17, 15) is 23.6 Å². The Kier molecular flexibility index (Phi) is 9.82. The maximum atomic E-state index is 12.4. The second-order valence-corrected chi connectivity index (χ2v) is 4.76. The molecule has 0 bridgehead atoms. The molecule has 0 saturated carbocycles. The quantitative estimate of drug-likeness (QED) is 0.762. The molecule has 1 unspecified atom stereocenters. The van der Waals surface area contributed by atoms with E-state index in [-0.39, 0.29) is 18.1 Å². The monoisotopic (exact) mass is 324 g/mol. The highest BCUT2D eigenvalue weighted by atomic mass is 19.1. The van der Waals surface area contributed by atoms with Gasteiger partial charge in [-0.2, -0.15) is 0 Å². The van der Waals surface area contributed by atoms with Crippen molar-refractivity contribution in [2.75, 3.05) is 14.1 Å². The SMILES string of the molecule is CNC(=O)C(CCC=O)N(C)C=O.Cc1ccc(F)cc1C=O. The van der Waals surface area contributed by atoms with Crippen LogP contribution in [0.3, 0.4) is 0 Å². The van der Waals surface area contributed by atoms with E-state index in [1.165, 1.54) is 31.1 Å². The normalized spacial score (nSPS) is 10.6. The number of hydrogen-bond donors (Lipinski definition) is 1. The molecule has 126 valence electrons. The van der Waals surface area contributed by atoms with Gasteiger partial charge >= 0.3 is 0 Å². The van der Waals surface area contributed by atoms with Crippen LogP contribution in [0, 0.1) is 12.7 Å². The summed E-state index contributed by atoms with van der Waals surface area (Å²) in [4.78, 5) is 43.1. The van der Waals surface area contributed by atoms with Crippen molar-refractivity contribution in [3.8, 4) is 0 Å². The minimum absolute atomic E-state index is 0.253. The lowest BCUT2D eigenvalue weighted by Gasteiger charge is -2.21. The van der Waals surface area contributed by atoms with Crippen LogP contribution in [-0.4, -0.2) is 49.9 Å². The van der Waals surface area contributed by atoms with Crippen LogP contribution < -0.4 is 5.32 Å². The van der Waals surface area contributed by atoms with Crippen molar-refractivity contribution in [3.05, 3.63) is 35.1 Å². The van der Waals surface area contributed by atoms with Crippen molar-refractivity contribution >= 4 is 24.9 Å². The molecule has 0 aliphatic rings. The van der Waals surface area contributed by atoms with Gasteiger partial charge in [0, 0.05) is 26.1 Å². The fourth-order valence-corrected chi connectivity index (χ4v) is 1.72. The van der Waals surface area contributed by atoms with Crippen LogP contribution in [-0.2, 0) is 14.4 Å². The molecule has 0 fully saturated rings. The predicted molar refractivity (Wildman–Crippen MR) is 83.5 cm³/mol. The minimum atomic E-state index is -0.548. The number of benzene rings is 1. The van der Waals surface area contributed by atoms with Gasteiger partial charge in [-0.3, -0.25) is 14.4 Å².